The quantitative estimate of drug-likeness (QED) is 0.511. The van der Waals surface area contributed by atoms with Gasteiger partial charge in [0.2, 0.25) is 0 Å². The van der Waals surface area contributed by atoms with Gasteiger partial charge in [-0.05, 0) is 44.2 Å². The van der Waals surface area contributed by atoms with Crippen LogP contribution in [-0.2, 0) is 0 Å². The van der Waals surface area contributed by atoms with Crippen LogP contribution in [-0.4, -0.2) is 26.5 Å². The van der Waals surface area contributed by atoms with Crippen LogP contribution in [0.1, 0.15) is 32.2 Å². The highest BCUT2D eigenvalue weighted by atomic mass is 16.5. The molecule has 0 aliphatic heterocycles. The Hall–Kier alpha value is -4.20. The van der Waals surface area contributed by atoms with E-state index in [1.807, 2.05) is 48.7 Å². The van der Waals surface area contributed by atoms with Gasteiger partial charge in [0.25, 0.3) is 11.8 Å². The Kier molecular flexibility index (Phi) is 5.13. The first-order valence-electron chi connectivity index (χ1n) is 9.27. The van der Waals surface area contributed by atoms with Crippen molar-refractivity contribution >= 4 is 11.8 Å². The topological polar surface area (TPSA) is 102 Å². The first kappa shape index (κ1) is 19.1. The lowest BCUT2D eigenvalue weighted by Crippen LogP contribution is -2.41. The summed E-state index contributed by atoms with van der Waals surface area (Å²) in [4.78, 5) is 29.0. The van der Waals surface area contributed by atoms with E-state index in [2.05, 4.69) is 21.0 Å². The van der Waals surface area contributed by atoms with Gasteiger partial charge >= 0.3 is 0 Å². The first-order valence-corrected chi connectivity index (χ1v) is 9.27. The third kappa shape index (κ3) is 3.70. The van der Waals surface area contributed by atoms with E-state index < -0.39 is 11.8 Å². The van der Waals surface area contributed by atoms with Crippen molar-refractivity contribution in [1.82, 2.24) is 25.6 Å². The van der Waals surface area contributed by atoms with Crippen molar-refractivity contribution in [3.05, 3.63) is 89.6 Å². The highest BCUT2D eigenvalue weighted by Gasteiger charge is 2.19. The van der Waals surface area contributed by atoms with Gasteiger partial charge in [-0.2, -0.15) is 0 Å². The summed E-state index contributed by atoms with van der Waals surface area (Å²) in [5, 5.41) is 3.75. The summed E-state index contributed by atoms with van der Waals surface area (Å²) in [5.41, 5.74) is 8.65. The van der Waals surface area contributed by atoms with Crippen molar-refractivity contribution in [2.45, 2.75) is 13.8 Å². The summed E-state index contributed by atoms with van der Waals surface area (Å²) in [6.45, 7) is 3.78. The molecule has 1 aromatic carbocycles. The number of nitrogens with one attached hydrogen (secondary N) is 2. The predicted octanol–water partition coefficient (Wildman–Crippen LogP) is 3.22. The number of amides is 2. The van der Waals surface area contributed by atoms with E-state index in [9.17, 15) is 9.59 Å². The normalized spacial score (nSPS) is 10.6. The molecule has 8 heteroatoms. The average Bonchev–Trinajstić information content (AvgIpc) is 3.38. The zero-order valence-electron chi connectivity index (χ0n) is 16.4. The summed E-state index contributed by atoms with van der Waals surface area (Å²) < 4.78 is 7.16. The van der Waals surface area contributed by atoms with Gasteiger partial charge in [0, 0.05) is 41.1 Å². The van der Waals surface area contributed by atoms with E-state index >= 15 is 0 Å². The van der Waals surface area contributed by atoms with Crippen molar-refractivity contribution in [3.8, 4) is 17.0 Å². The number of pyridine rings is 1. The Labute approximate surface area is 172 Å². The maximum absolute atomic E-state index is 12.6. The molecule has 4 rings (SSSR count). The molecule has 2 N–H and O–H groups in total. The van der Waals surface area contributed by atoms with E-state index in [0.29, 0.717) is 16.9 Å². The molecule has 0 aliphatic rings. The van der Waals surface area contributed by atoms with Crippen molar-refractivity contribution in [1.29, 1.82) is 0 Å². The smallest absolute Gasteiger partial charge is 0.291 e. The molecule has 3 heterocycles. The van der Waals surface area contributed by atoms with Gasteiger partial charge in [-0.1, -0.05) is 23.4 Å². The van der Waals surface area contributed by atoms with E-state index in [0.717, 1.165) is 17.1 Å². The van der Waals surface area contributed by atoms with Gasteiger partial charge in [-0.25, -0.2) is 0 Å². The maximum atomic E-state index is 12.6. The van der Waals surface area contributed by atoms with Gasteiger partial charge in [0.15, 0.2) is 11.5 Å². The van der Waals surface area contributed by atoms with Gasteiger partial charge in [-0.15, -0.1) is 0 Å². The second-order valence-electron chi connectivity index (χ2n) is 6.68. The molecule has 2 amide bonds. The molecule has 4 aromatic rings. The summed E-state index contributed by atoms with van der Waals surface area (Å²) in [5.74, 6) is -0.598. The zero-order valence-corrected chi connectivity index (χ0v) is 16.4. The van der Waals surface area contributed by atoms with Crippen LogP contribution in [0.3, 0.4) is 0 Å². The lowest BCUT2D eigenvalue weighted by atomic mass is 10.2. The Morgan fingerprint density at radius 3 is 2.47 bits per heavy atom. The molecule has 0 spiro atoms. The molecule has 0 radical (unpaired) electrons. The third-order valence-corrected chi connectivity index (χ3v) is 4.67. The van der Waals surface area contributed by atoms with Crippen LogP contribution >= 0.6 is 0 Å². The van der Waals surface area contributed by atoms with Gasteiger partial charge in [-0.3, -0.25) is 25.4 Å². The molecule has 30 heavy (non-hydrogen) atoms. The third-order valence-electron chi connectivity index (χ3n) is 4.67. The SMILES string of the molecule is Cc1cc(C(=O)NNC(=O)c2cc(-c3cccnc3)on2)c(C)n1-c1ccccc1. The van der Waals surface area contributed by atoms with Gasteiger partial charge < -0.3 is 9.09 Å². The molecule has 0 atom stereocenters. The monoisotopic (exact) mass is 401 g/mol. The van der Waals surface area contributed by atoms with Crippen LogP contribution in [0.15, 0.2) is 71.5 Å². The number of carbonyl (C=O) groups is 2. The molecule has 0 unspecified atom stereocenters. The minimum absolute atomic E-state index is 0.0453. The summed E-state index contributed by atoms with van der Waals surface area (Å²) in [7, 11) is 0. The Balaban J connectivity index is 1.45. The van der Waals surface area contributed by atoms with E-state index in [-0.39, 0.29) is 5.69 Å². The second-order valence-corrected chi connectivity index (χ2v) is 6.68. The maximum Gasteiger partial charge on any atom is 0.291 e. The fourth-order valence-electron chi connectivity index (χ4n) is 3.24. The van der Waals surface area contributed by atoms with Crippen LogP contribution in [0.2, 0.25) is 0 Å². The van der Waals surface area contributed by atoms with Crippen molar-refractivity contribution in [2.75, 3.05) is 0 Å². The molecule has 0 bridgehead atoms. The van der Waals surface area contributed by atoms with Crippen LogP contribution in [0.25, 0.3) is 17.0 Å². The second kappa shape index (κ2) is 8.04. The lowest BCUT2D eigenvalue weighted by molar-refractivity contribution is 0.0841. The van der Waals surface area contributed by atoms with Gasteiger partial charge in [0.05, 0.1) is 5.56 Å². The summed E-state index contributed by atoms with van der Waals surface area (Å²) in [6, 6.07) is 16.5. The van der Waals surface area contributed by atoms with Crippen molar-refractivity contribution < 1.29 is 14.1 Å². The Morgan fingerprint density at radius 1 is 0.967 bits per heavy atom. The van der Waals surface area contributed by atoms with Crippen molar-refractivity contribution in [3.63, 3.8) is 0 Å². The molecule has 8 nitrogen and oxygen atoms in total. The first-order chi connectivity index (χ1) is 14.5. The molecule has 150 valence electrons. The molecular weight excluding hydrogens is 382 g/mol. The number of hydrogen-bond acceptors (Lipinski definition) is 5. The number of aromatic nitrogens is 3. The Bertz CT molecular complexity index is 1200. The van der Waals surface area contributed by atoms with Gasteiger partial charge in [0.1, 0.15) is 0 Å². The number of hydrazine groups is 1. The fraction of sp³-hybridized carbons (Fsp3) is 0.0909. The molecule has 0 fully saturated rings. The summed E-state index contributed by atoms with van der Waals surface area (Å²) >= 11 is 0. The minimum atomic E-state index is -0.584. The fourth-order valence-corrected chi connectivity index (χ4v) is 3.24. The van der Waals surface area contributed by atoms with E-state index in [1.165, 1.54) is 6.07 Å². The molecule has 0 saturated carbocycles. The van der Waals surface area contributed by atoms with E-state index in [1.54, 1.807) is 30.6 Å². The minimum Gasteiger partial charge on any atom is -0.355 e. The molecule has 0 aliphatic carbocycles. The number of hydrogen-bond donors (Lipinski definition) is 2. The number of carbonyl (C=O) groups excluding carboxylic acids is 2. The standard InChI is InChI=1S/C22H19N5O3/c1-14-11-18(15(2)27(14)17-8-4-3-5-9-17)21(28)24-25-22(29)19-12-20(30-26-19)16-7-6-10-23-13-16/h3-13H,1-2H3,(H,24,28)(H,25,29). The number of benzene rings is 1. The van der Waals surface area contributed by atoms with Crippen molar-refractivity contribution in [2.24, 2.45) is 0 Å². The number of para-hydroxylation sites is 1. The average molecular weight is 401 g/mol. The number of nitrogens with zero attached hydrogens (tertiary/aromatic N) is 3. The number of rotatable bonds is 4. The highest BCUT2D eigenvalue weighted by Crippen LogP contribution is 2.21. The zero-order chi connectivity index (χ0) is 21.1. The van der Waals surface area contributed by atoms with E-state index in [4.69, 9.17) is 4.52 Å². The molecule has 0 saturated heterocycles. The molecular formula is C22H19N5O3. The van der Waals surface area contributed by atoms with Crippen LogP contribution in [0.4, 0.5) is 0 Å². The van der Waals surface area contributed by atoms with Crippen LogP contribution in [0.5, 0.6) is 0 Å². The Morgan fingerprint density at radius 2 is 1.73 bits per heavy atom. The number of aryl methyl sites for hydroxylation is 1. The predicted molar refractivity (Wildman–Crippen MR) is 110 cm³/mol. The highest BCUT2D eigenvalue weighted by molar-refractivity contribution is 5.99. The van der Waals surface area contributed by atoms with Crippen LogP contribution < -0.4 is 10.9 Å². The largest absolute Gasteiger partial charge is 0.355 e. The van der Waals surface area contributed by atoms with Crippen LogP contribution in [0, 0.1) is 13.8 Å². The summed E-state index contributed by atoms with van der Waals surface area (Å²) in [6.07, 6.45) is 3.24. The molecule has 3 aromatic heterocycles. The lowest BCUT2D eigenvalue weighted by Gasteiger charge is -2.10.